The minimum absolute atomic E-state index is 0.131. The van der Waals surface area contributed by atoms with Crippen LogP contribution in [-0.2, 0) is 17.8 Å². The van der Waals surface area contributed by atoms with Gasteiger partial charge in [0.05, 0.1) is 26.9 Å². The number of methoxy groups -OCH3 is 2. The average Bonchev–Trinajstić information content (AvgIpc) is 3.47. The molecular formula is C22H23NO4. The van der Waals surface area contributed by atoms with E-state index in [9.17, 15) is 4.79 Å². The molecule has 0 unspecified atom stereocenters. The van der Waals surface area contributed by atoms with E-state index in [0.717, 1.165) is 46.4 Å². The van der Waals surface area contributed by atoms with Gasteiger partial charge in [-0.1, -0.05) is 12.1 Å². The number of hydrogen-bond acceptors (Lipinski definition) is 4. The Balaban J connectivity index is 1.51. The number of carbonyl (C=O) groups excluding carboxylic acids is 1. The number of hydrogen-bond donors (Lipinski definition) is 0. The lowest BCUT2D eigenvalue weighted by atomic mass is 10.1. The van der Waals surface area contributed by atoms with Gasteiger partial charge in [-0.05, 0) is 42.7 Å². The third-order valence-electron chi connectivity index (χ3n) is 5.02. The summed E-state index contributed by atoms with van der Waals surface area (Å²) in [5.74, 6) is 1.70. The first-order valence-corrected chi connectivity index (χ1v) is 9.14. The van der Waals surface area contributed by atoms with Gasteiger partial charge in [-0.2, -0.15) is 0 Å². The first-order chi connectivity index (χ1) is 13.2. The highest BCUT2D eigenvalue weighted by atomic mass is 16.5. The zero-order valence-electron chi connectivity index (χ0n) is 15.6. The second-order valence-corrected chi connectivity index (χ2v) is 6.90. The van der Waals surface area contributed by atoms with Gasteiger partial charge in [0.15, 0.2) is 0 Å². The van der Waals surface area contributed by atoms with E-state index in [1.54, 1.807) is 20.5 Å². The van der Waals surface area contributed by atoms with Gasteiger partial charge in [-0.15, -0.1) is 0 Å². The van der Waals surface area contributed by atoms with Crippen LogP contribution in [0.4, 0.5) is 0 Å². The average molecular weight is 365 g/mol. The molecule has 27 heavy (non-hydrogen) atoms. The van der Waals surface area contributed by atoms with Gasteiger partial charge >= 0.3 is 0 Å². The highest BCUT2D eigenvalue weighted by Crippen LogP contribution is 2.31. The lowest BCUT2D eigenvalue weighted by Gasteiger charge is -2.22. The fourth-order valence-electron chi connectivity index (χ4n) is 3.33. The molecule has 3 aromatic rings. The molecule has 0 bridgehead atoms. The molecule has 5 heteroatoms. The van der Waals surface area contributed by atoms with Crippen molar-refractivity contribution in [3.05, 3.63) is 59.9 Å². The summed E-state index contributed by atoms with van der Waals surface area (Å²) < 4.78 is 16.1. The number of rotatable bonds is 7. The van der Waals surface area contributed by atoms with Gasteiger partial charge < -0.3 is 18.8 Å². The topological polar surface area (TPSA) is 51.9 Å². The summed E-state index contributed by atoms with van der Waals surface area (Å²) in [4.78, 5) is 15.0. The van der Waals surface area contributed by atoms with Gasteiger partial charge in [0, 0.05) is 29.6 Å². The van der Waals surface area contributed by atoms with Crippen LogP contribution in [-0.4, -0.2) is 31.1 Å². The molecule has 1 fully saturated rings. The largest absolute Gasteiger partial charge is 0.497 e. The van der Waals surface area contributed by atoms with E-state index in [-0.39, 0.29) is 5.91 Å². The molecule has 1 aromatic heterocycles. The van der Waals surface area contributed by atoms with Crippen molar-refractivity contribution in [3.63, 3.8) is 0 Å². The van der Waals surface area contributed by atoms with Crippen LogP contribution < -0.4 is 9.47 Å². The Morgan fingerprint density at radius 3 is 2.44 bits per heavy atom. The van der Waals surface area contributed by atoms with E-state index in [2.05, 4.69) is 0 Å². The van der Waals surface area contributed by atoms with Crippen LogP contribution in [0.3, 0.4) is 0 Å². The van der Waals surface area contributed by atoms with Crippen LogP contribution in [0.1, 0.15) is 24.0 Å². The number of furan rings is 1. The van der Waals surface area contributed by atoms with E-state index >= 15 is 0 Å². The van der Waals surface area contributed by atoms with Crippen molar-refractivity contribution in [1.29, 1.82) is 0 Å². The van der Waals surface area contributed by atoms with Crippen LogP contribution in [0, 0.1) is 0 Å². The van der Waals surface area contributed by atoms with Crippen LogP contribution in [0.2, 0.25) is 0 Å². The van der Waals surface area contributed by atoms with Crippen molar-refractivity contribution in [3.8, 4) is 11.5 Å². The molecule has 2 aromatic carbocycles. The number of amides is 1. The van der Waals surface area contributed by atoms with Gasteiger partial charge in [0.2, 0.25) is 5.91 Å². The molecule has 1 amide bonds. The first kappa shape index (κ1) is 17.5. The molecule has 0 radical (unpaired) electrons. The van der Waals surface area contributed by atoms with Crippen molar-refractivity contribution in [1.82, 2.24) is 4.90 Å². The predicted molar refractivity (Wildman–Crippen MR) is 103 cm³/mol. The Morgan fingerprint density at radius 1 is 1.07 bits per heavy atom. The number of carbonyl (C=O) groups is 1. The molecule has 4 rings (SSSR count). The van der Waals surface area contributed by atoms with E-state index in [4.69, 9.17) is 13.9 Å². The second kappa shape index (κ2) is 7.35. The molecule has 0 aliphatic heterocycles. The van der Waals surface area contributed by atoms with Crippen molar-refractivity contribution < 1.29 is 18.7 Å². The quantitative estimate of drug-likeness (QED) is 0.630. The predicted octanol–water partition coefficient (Wildman–Crippen LogP) is 4.18. The molecule has 1 saturated carbocycles. The minimum Gasteiger partial charge on any atom is -0.497 e. The van der Waals surface area contributed by atoms with Gasteiger partial charge in [0.1, 0.15) is 17.1 Å². The molecule has 5 nitrogen and oxygen atoms in total. The van der Waals surface area contributed by atoms with Gasteiger partial charge in [-0.3, -0.25) is 4.79 Å². The molecule has 0 atom stereocenters. The molecule has 0 N–H and O–H groups in total. The summed E-state index contributed by atoms with van der Waals surface area (Å²) in [6, 6.07) is 13.9. The van der Waals surface area contributed by atoms with Crippen molar-refractivity contribution in [2.24, 2.45) is 0 Å². The summed E-state index contributed by atoms with van der Waals surface area (Å²) in [5, 5.41) is 0.962. The normalized spacial score (nSPS) is 13.6. The summed E-state index contributed by atoms with van der Waals surface area (Å²) >= 11 is 0. The number of ether oxygens (including phenoxy) is 2. The van der Waals surface area contributed by atoms with Crippen LogP contribution in [0.15, 0.2) is 53.1 Å². The van der Waals surface area contributed by atoms with Crippen LogP contribution in [0.25, 0.3) is 11.0 Å². The zero-order chi connectivity index (χ0) is 18.8. The summed E-state index contributed by atoms with van der Waals surface area (Å²) in [6.45, 7) is 0.622. The molecule has 1 heterocycles. The third kappa shape index (κ3) is 3.77. The van der Waals surface area contributed by atoms with Gasteiger partial charge in [0.25, 0.3) is 0 Å². The maximum absolute atomic E-state index is 13.0. The fourth-order valence-corrected chi connectivity index (χ4v) is 3.33. The van der Waals surface area contributed by atoms with E-state index < -0.39 is 0 Å². The third-order valence-corrected chi connectivity index (χ3v) is 5.02. The first-order valence-electron chi connectivity index (χ1n) is 9.14. The van der Waals surface area contributed by atoms with Gasteiger partial charge in [-0.25, -0.2) is 0 Å². The van der Waals surface area contributed by atoms with E-state index in [1.165, 1.54) is 0 Å². The summed E-state index contributed by atoms with van der Waals surface area (Å²) in [6.07, 6.45) is 4.17. The van der Waals surface area contributed by atoms with Crippen molar-refractivity contribution in [2.75, 3.05) is 14.2 Å². The Hall–Kier alpha value is -2.95. The summed E-state index contributed by atoms with van der Waals surface area (Å²) in [7, 11) is 3.28. The molecule has 0 spiro atoms. The standard InChI is InChI=1S/C22H23NO4/c1-25-18-7-3-15(4-8-18)13-23(17-5-6-17)22(24)11-16-14-27-21-12-19(26-2)9-10-20(16)21/h3-4,7-10,12,14,17H,5-6,11,13H2,1-2H3. The highest BCUT2D eigenvalue weighted by molar-refractivity contribution is 5.88. The molecule has 140 valence electrons. The Bertz CT molecular complexity index is 941. The Morgan fingerprint density at radius 2 is 1.78 bits per heavy atom. The second-order valence-electron chi connectivity index (χ2n) is 6.90. The monoisotopic (exact) mass is 365 g/mol. The van der Waals surface area contributed by atoms with E-state index in [1.807, 2.05) is 47.4 Å². The molecule has 1 aliphatic carbocycles. The van der Waals surface area contributed by atoms with Crippen molar-refractivity contribution in [2.45, 2.75) is 31.8 Å². The summed E-state index contributed by atoms with van der Waals surface area (Å²) in [5.41, 5.74) is 2.76. The maximum atomic E-state index is 13.0. The maximum Gasteiger partial charge on any atom is 0.227 e. The van der Waals surface area contributed by atoms with Crippen LogP contribution in [0.5, 0.6) is 11.5 Å². The molecule has 0 saturated heterocycles. The SMILES string of the molecule is COc1ccc(CN(C(=O)Cc2coc3cc(OC)ccc23)C2CC2)cc1. The fraction of sp³-hybridized carbons (Fsp3) is 0.318. The minimum atomic E-state index is 0.131. The highest BCUT2D eigenvalue weighted by Gasteiger charge is 2.32. The molecular weight excluding hydrogens is 342 g/mol. The zero-order valence-corrected chi connectivity index (χ0v) is 15.6. The molecule has 1 aliphatic rings. The van der Waals surface area contributed by atoms with E-state index in [0.29, 0.717) is 19.0 Å². The smallest absolute Gasteiger partial charge is 0.227 e. The van der Waals surface area contributed by atoms with Crippen LogP contribution >= 0.6 is 0 Å². The van der Waals surface area contributed by atoms with Crippen molar-refractivity contribution >= 4 is 16.9 Å². The lowest BCUT2D eigenvalue weighted by molar-refractivity contribution is -0.131. The Kier molecular flexibility index (Phi) is 4.75. The number of fused-ring (bicyclic) bond motifs is 1. The number of benzene rings is 2. The lowest BCUT2D eigenvalue weighted by Crippen LogP contribution is -2.33. The Labute approximate surface area is 158 Å². The number of nitrogens with zero attached hydrogens (tertiary/aromatic N) is 1.